The Morgan fingerprint density at radius 3 is 2.78 bits per heavy atom. The summed E-state index contributed by atoms with van der Waals surface area (Å²) >= 11 is 1.13. The summed E-state index contributed by atoms with van der Waals surface area (Å²) < 4.78 is 27.2. The maximum Gasteiger partial charge on any atom is 0.250 e. The van der Waals surface area contributed by atoms with Gasteiger partial charge in [-0.2, -0.15) is 4.72 Å². The molecule has 1 aliphatic heterocycles. The van der Waals surface area contributed by atoms with Crippen LogP contribution < -0.4 is 9.62 Å². The van der Waals surface area contributed by atoms with Crippen molar-refractivity contribution in [1.29, 1.82) is 0 Å². The van der Waals surface area contributed by atoms with Gasteiger partial charge < -0.3 is 4.90 Å². The Balaban J connectivity index is 1.79. The number of thiophene rings is 1. The maximum atomic E-state index is 12.7. The van der Waals surface area contributed by atoms with Gasteiger partial charge in [0.1, 0.15) is 4.21 Å². The molecule has 122 valence electrons. The number of fused-ring (bicyclic) bond motifs is 1. The minimum absolute atomic E-state index is 0.219. The van der Waals surface area contributed by atoms with Gasteiger partial charge in [-0.3, -0.25) is 4.79 Å². The lowest BCUT2D eigenvalue weighted by Crippen LogP contribution is -2.48. The lowest BCUT2D eigenvalue weighted by molar-refractivity contribution is -0.119. The van der Waals surface area contributed by atoms with Crippen molar-refractivity contribution in [1.82, 2.24) is 4.72 Å². The first-order chi connectivity index (χ1) is 11.0. The van der Waals surface area contributed by atoms with Crippen molar-refractivity contribution >= 4 is 33.0 Å². The van der Waals surface area contributed by atoms with Crippen LogP contribution in [0.5, 0.6) is 0 Å². The highest BCUT2D eigenvalue weighted by atomic mass is 32.2. The molecule has 1 aromatic heterocycles. The molecule has 1 aromatic carbocycles. The normalized spacial score (nSPS) is 16.0. The van der Waals surface area contributed by atoms with Gasteiger partial charge in [-0.1, -0.05) is 24.3 Å². The molecule has 0 fully saturated rings. The van der Waals surface area contributed by atoms with E-state index < -0.39 is 16.1 Å². The smallest absolute Gasteiger partial charge is 0.250 e. The molecule has 0 radical (unpaired) electrons. The zero-order chi connectivity index (χ0) is 16.4. The fourth-order valence-corrected chi connectivity index (χ4v) is 4.96. The molecule has 1 atom stereocenters. The summed E-state index contributed by atoms with van der Waals surface area (Å²) in [6.45, 7) is 2.20. The molecule has 0 bridgehead atoms. The molecule has 1 amide bonds. The predicted octanol–water partition coefficient (Wildman–Crippen LogP) is 2.39. The van der Waals surface area contributed by atoms with Crippen molar-refractivity contribution in [2.75, 3.05) is 11.4 Å². The molecule has 3 rings (SSSR count). The Morgan fingerprint density at radius 2 is 2.04 bits per heavy atom. The highest BCUT2D eigenvalue weighted by Crippen LogP contribution is 2.27. The number of nitrogens with one attached hydrogen (secondary N) is 1. The number of carbonyl (C=O) groups excluding carboxylic acids is 1. The topological polar surface area (TPSA) is 66.5 Å². The van der Waals surface area contributed by atoms with Gasteiger partial charge in [0.15, 0.2) is 0 Å². The zero-order valence-electron chi connectivity index (χ0n) is 12.7. The Hall–Kier alpha value is -1.70. The second kappa shape index (κ2) is 6.43. The number of carbonyl (C=O) groups is 1. The van der Waals surface area contributed by atoms with Crippen molar-refractivity contribution in [3.63, 3.8) is 0 Å². The van der Waals surface area contributed by atoms with Crippen LogP contribution in [0.1, 0.15) is 18.9 Å². The SMILES string of the molecule is CC(NS(=O)(=O)c1cccs1)C(=O)N1CCCc2ccccc21. The number of amides is 1. The van der Waals surface area contributed by atoms with E-state index in [4.69, 9.17) is 0 Å². The fourth-order valence-electron chi connectivity index (χ4n) is 2.75. The average molecular weight is 350 g/mol. The van der Waals surface area contributed by atoms with E-state index in [1.807, 2.05) is 24.3 Å². The second-order valence-electron chi connectivity index (χ2n) is 5.50. The number of nitrogens with zero attached hydrogens (tertiary/aromatic N) is 1. The highest BCUT2D eigenvalue weighted by molar-refractivity contribution is 7.91. The molecule has 0 spiro atoms. The number of anilines is 1. The molecule has 5 nitrogen and oxygen atoms in total. The van der Waals surface area contributed by atoms with E-state index in [1.54, 1.807) is 23.3 Å². The fraction of sp³-hybridized carbons (Fsp3) is 0.312. The van der Waals surface area contributed by atoms with Crippen LogP contribution >= 0.6 is 11.3 Å². The van der Waals surface area contributed by atoms with Crippen molar-refractivity contribution in [2.45, 2.75) is 30.0 Å². The number of hydrogen-bond acceptors (Lipinski definition) is 4. The first-order valence-electron chi connectivity index (χ1n) is 7.44. The monoisotopic (exact) mass is 350 g/mol. The van der Waals surface area contributed by atoms with Gasteiger partial charge in [-0.15, -0.1) is 11.3 Å². The lowest BCUT2D eigenvalue weighted by atomic mass is 10.0. The standard InChI is InChI=1S/C16H18N2O3S2/c1-12(17-23(20,21)15-9-5-11-22-15)16(19)18-10-4-7-13-6-2-3-8-14(13)18/h2-3,5-6,8-9,11-12,17H,4,7,10H2,1H3. The van der Waals surface area contributed by atoms with E-state index >= 15 is 0 Å². The third-order valence-corrected chi connectivity index (χ3v) is 6.78. The van der Waals surface area contributed by atoms with Crippen LogP contribution in [0.25, 0.3) is 0 Å². The summed E-state index contributed by atoms with van der Waals surface area (Å²) in [4.78, 5) is 14.4. The van der Waals surface area contributed by atoms with Crippen LogP contribution in [0, 0.1) is 0 Å². The summed E-state index contributed by atoms with van der Waals surface area (Å²) in [7, 11) is -3.66. The summed E-state index contributed by atoms with van der Waals surface area (Å²) in [5.41, 5.74) is 2.01. The van der Waals surface area contributed by atoms with Crippen molar-refractivity contribution in [3.8, 4) is 0 Å². The van der Waals surface area contributed by atoms with Crippen LogP contribution in [-0.2, 0) is 21.2 Å². The molecule has 7 heteroatoms. The molecule has 2 heterocycles. The molecular weight excluding hydrogens is 332 g/mol. The largest absolute Gasteiger partial charge is 0.311 e. The molecular formula is C16H18N2O3S2. The molecule has 23 heavy (non-hydrogen) atoms. The highest BCUT2D eigenvalue weighted by Gasteiger charge is 2.29. The molecule has 0 saturated heterocycles. The number of rotatable bonds is 4. The zero-order valence-corrected chi connectivity index (χ0v) is 14.4. The molecule has 0 saturated carbocycles. The van der Waals surface area contributed by atoms with Gasteiger partial charge in [0.2, 0.25) is 5.91 Å². The Bertz CT molecular complexity index is 800. The quantitative estimate of drug-likeness (QED) is 0.921. The van der Waals surface area contributed by atoms with Gasteiger partial charge in [0, 0.05) is 12.2 Å². The lowest BCUT2D eigenvalue weighted by Gasteiger charge is -2.31. The van der Waals surface area contributed by atoms with Gasteiger partial charge >= 0.3 is 0 Å². The van der Waals surface area contributed by atoms with Crippen molar-refractivity contribution < 1.29 is 13.2 Å². The van der Waals surface area contributed by atoms with Crippen LogP contribution in [0.3, 0.4) is 0 Å². The summed E-state index contributed by atoms with van der Waals surface area (Å²) in [5, 5.41) is 1.70. The van der Waals surface area contributed by atoms with E-state index in [9.17, 15) is 13.2 Å². The van der Waals surface area contributed by atoms with Crippen LogP contribution in [0.15, 0.2) is 46.0 Å². The minimum Gasteiger partial charge on any atom is -0.311 e. The van der Waals surface area contributed by atoms with Gasteiger partial charge in [0.05, 0.1) is 6.04 Å². The maximum absolute atomic E-state index is 12.7. The second-order valence-corrected chi connectivity index (χ2v) is 8.39. The van der Waals surface area contributed by atoms with E-state index in [-0.39, 0.29) is 10.1 Å². The third kappa shape index (κ3) is 3.31. The Labute approximate surface area is 140 Å². The summed E-state index contributed by atoms with van der Waals surface area (Å²) in [6, 6.07) is 10.2. The number of aryl methyl sites for hydroxylation is 1. The summed E-state index contributed by atoms with van der Waals surface area (Å²) in [6.07, 6.45) is 1.82. The molecule has 0 aliphatic carbocycles. The number of para-hydroxylation sites is 1. The van der Waals surface area contributed by atoms with Crippen molar-refractivity contribution in [3.05, 3.63) is 47.3 Å². The Kier molecular flexibility index (Phi) is 4.52. The summed E-state index contributed by atoms with van der Waals surface area (Å²) in [5.74, 6) is -0.225. The van der Waals surface area contributed by atoms with E-state index in [2.05, 4.69) is 4.72 Å². The minimum atomic E-state index is -3.66. The average Bonchev–Trinajstić information content (AvgIpc) is 3.08. The number of benzene rings is 1. The molecule has 1 aliphatic rings. The third-order valence-electron chi connectivity index (χ3n) is 3.84. The van der Waals surface area contributed by atoms with Crippen LogP contribution in [0.4, 0.5) is 5.69 Å². The van der Waals surface area contributed by atoms with E-state index in [0.29, 0.717) is 6.54 Å². The van der Waals surface area contributed by atoms with Crippen molar-refractivity contribution in [2.24, 2.45) is 0 Å². The Morgan fingerprint density at radius 1 is 1.26 bits per heavy atom. The van der Waals surface area contributed by atoms with Gasteiger partial charge in [-0.05, 0) is 42.8 Å². The predicted molar refractivity (Wildman–Crippen MR) is 91.2 cm³/mol. The molecule has 1 N–H and O–H groups in total. The van der Waals surface area contributed by atoms with Gasteiger partial charge in [-0.25, -0.2) is 8.42 Å². The molecule has 2 aromatic rings. The molecule has 1 unspecified atom stereocenters. The first kappa shape index (κ1) is 16.2. The van der Waals surface area contributed by atoms with E-state index in [0.717, 1.165) is 35.4 Å². The number of sulfonamides is 1. The van der Waals surface area contributed by atoms with E-state index in [1.165, 1.54) is 6.07 Å². The van der Waals surface area contributed by atoms with Crippen LogP contribution in [0.2, 0.25) is 0 Å². The van der Waals surface area contributed by atoms with Crippen LogP contribution in [-0.4, -0.2) is 26.9 Å². The number of hydrogen-bond donors (Lipinski definition) is 1. The first-order valence-corrected chi connectivity index (χ1v) is 9.80. The van der Waals surface area contributed by atoms with Gasteiger partial charge in [0.25, 0.3) is 10.0 Å².